The minimum Gasteiger partial charge on any atom is -0.508 e. The van der Waals surface area contributed by atoms with Crippen LogP contribution in [0.1, 0.15) is 19.3 Å². The van der Waals surface area contributed by atoms with Crippen molar-refractivity contribution in [3.05, 3.63) is 18.2 Å². The van der Waals surface area contributed by atoms with Gasteiger partial charge in [0.05, 0.1) is 11.4 Å². The molecule has 1 saturated heterocycles. The van der Waals surface area contributed by atoms with E-state index in [9.17, 15) is 19.5 Å². The van der Waals surface area contributed by atoms with Gasteiger partial charge in [-0.2, -0.15) is 0 Å². The molecule has 1 aromatic rings. The molecule has 1 unspecified atom stereocenters. The summed E-state index contributed by atoms with van der Waals surface area (Å²) in [7, 11) is 1.69. The molecule has 23 heavy (non-hydrogen) atoms. The van der Waals surface area contributed by atoms with E-state index in [-0.39, 0.29) is 30.0 Å². The Morgan fingerprint density at radius 1 is 1.30 bits per heavy atom. The Hall–Kier alpha value is -2.57. The quantitative estimate of drug-likeness (QED) is 0.596. The van der Waals surface area contributed by atoms with Crippen LogP contribution in [-0.4, -0.2) is 47.9 Å². The molecule has 0 aliphatic carbocycles. The summed E-state index contributed by atoms with van der Waals surface area (Å²) in [6.45, 7) is 0.489. The van der Waals surface area contributed by atoms with Crippen molar-refractivity contribution in [3.8, 4) is 5.75 Å². The van der Waals surface area contributed by atoms with Crippen LogP contribution in [0.4, 0.5) is 11.4 Å². The van der Waals surface area contributed by atoms with Crippen LogP contribution in [0.5, 0.6) is 5.75 Å². The zero-order chi connectivity index (χ0) is 16.6. The van der Waals surface area contributed by atoms with Gasteiger partial charge >= 0.3 is 0 Å². The van der Waals surface area contributed by atoms with E-state index in [1.54, 1.807) is 18.0 Å². The normalized spacial score (nSPS) is 21.5. The van der Waals surface area contributed by atoms with Crippen LogP contribution in [0.25, 0.3) is 0 Å². The molecule has 0 radical (unpaired) electrons. The molecule has 2 N–H and O–H groups in total. The molecule has 7 heteroatoms. The van der Waals surface area contributed by atoms with Gasteiger partial charge in [-0.3, -0.25) is 14.4 Å². The van der Waals surface area contributed by atoms with Crippen LogP contribution in [-0.2, 0) is 14.4 Å². The molecule has 7 nitrogen and oxygen atoms in total. The highest BCUT2D eigenvalue weighted by molar-refractivity contribution is 6.15. The molecule has 3 rings (SSSR count). The number of benzene rings is 1. The third kappa shape index (κ3) is 2.86. The Morgan fingerprint density at radius 3 is 2.87 bits per heavy atom. The number of carbonyl (C=O) groups excluding carboxylic acids is 3. The smallest absolute Gasteiger partial charge is 0.244 e. The fourth-order valence-corrected chi connectivity index (χ4v) is 3.08. The average molecular weight is 317 g/mol. The second-order valence-corrected chi connectivity index (χ2v) is 5.98. The van der Waals surface area contributed by atoms with Crippen LogP contribution in [0.2, 0.25) is 0 Å². The van der Waals surface area contributed by atoms with E-state index < -0.39 is 5.92 Å². The highest BCUT2D eigenvalue weighted by Gasteiger charge is 2.37. The van der Waals surface area contributed by atoms with Crippen LogP contribution in [0, 0.1) is 5.92 Å². The van der Waals surface area contributed by atoms with Crippen molar-refractivity contribution in [3.63, 3.8) is 0 Å². The summed E-state index contributed by atoms with van der Waals surface area (Å²) in [6.07, 6.45) is 2.14. The van der Waals surface area contributed by atoms with Gasteiger partial charge in [0.15, 0.2) is 0 Å². The van der Waals surface area contributed by atoms with Crippen LogP contribution in [0.3, 0.4) is 0 Å². The molecular formula is C16H19N3O4. The van der Waals surface area contributed by atoms with Gasteiger partial charge in [0.1, 0.15) is 18.2 Å². The number of nitrogens with zero attached hydrogens (tertiary/aromatic N) is 2. The van der Waals surface area contributed by atoms with Gasteiger partial charge in [0.25, 0.3) is 0 Å². The largest absolute Gasteiger partial charge is 0.508 e. The molecule has 122 valence electrons. The second-order valence-electron chi connectivity index (χ2n) is 5.98. The van der Waals surface area contributed by atoms with Gasteiger partial charge in [0.2, 0.25) is 17.7 Å². The minimum absolute atomic E-state index is 0.00186. The second kappa shape index (κ2) is 5.91. The molecular weight excluding hydrogens is 298 g/mol. The van der Waals surface area contributed by atoms with Crippen molar-refractivity contribution in [1.82, 2.24) is 4.90 Å². The Bertz CT molecular complexity index is 673. The van der Waals surface area contributed by atoms with E-state index in [0.29, 0.717) is 24.3 Å². The molecule has 2 aliphatic heterocycles. The summed E-state index contributed by atoms with van der Waals surface area (Å²) in [6, 6.07) is 4.41. The molecule has 1 fully saturated rings. The molecule has 0 spiro atoms. The third-order valence-electron chi connectivity index (χ3n) is 4.32. The highest BCUT2D eigenvalue weighted by atomic mass is 16.3. The van der Waals surface area contributed by atoms with E-state index >= 15 is 0 Å². The first-order chi connectivity index (χ1) is 11.0. The van der Waals surface area contributed by atoms with Crippen molar-refractivity contribution in [2.75, 3.05) is 30.4 Å². The molecule has 3 amide bonds. The number of amides is 3. The predicted molar refractivity (Wildman–Crippen MR) is 84.1 cm³/mol. The Kier molecular flexibility index (Phi) is 3.94. The number of aromatic hydroxyl groups is 1. The first-order valence-electron chi connectivity index (χ1n) is 7.66. The number of phenolic OH excluding ortho intramolecular Hbond substituents is 1. The average Bonchev–Trinajstić information content (AvgIpc) is 2.68. The first kappa shape index (κ1) is 15.3. The molecule has 1 atom stereocenters. The molecule has 1 aromatic carbocycles. The minimum atomic E-state index is -0.774. The molecule has 0 saturated carbocycles. The van der Waals surface area contributed by atoms with E-state index in [4.69, 9.17) is 0 Å². The zero-order valence-electron chi connectivity index (χ0n) is 12.9. The standard InChI is InChI=1S/C16H19N3O4/c1-18-7-3-2-4-11(15(18)22)16(23)19-9-14(21)17-12-6-5-10(20)8-13(12)19/h5-6,8,11,20H,2-4,7,9H2,1H3,(H,17,21). The number of fused-ring (bicyclic) bond motifs is 1. The van der Waals surface area contributed by atoms with Gasteiger partial charge in [-0.25, -0.2) is 0 Å². The lowest BCUT2D eigenvalue weighted by Gasteiger charge is -2.32. The van der Waals surface area contributed by atoms with Gasteiger partial charge < -0.3 is 20.2 Å². The van der Waals surface area contributed by atoms with Gasteiger partial charge in [0, 0.05) is 19.7 Å². The number of likely N-dealkylation sites (tertiary alicyclic amines) is 1. The van der Waals surface area contributed by atoms with Crippen molar-refractivity contribution in [2.24, 2.45) is 5.92 Å². The number of anilines is 2. The van der Waals surface area contributed by atoms with Gasteiger partial charge in [-0.15, -0.1) is 0 Å². The van der Waals surface area contributed by atoms with Crippen molar-refractivity contribution in [2.45, 2.75) is 19.3 Å². The zero-order valence-corrected chi connectivity index (χ0v) is 12.9. The summed E-state index contributed by atoms with van der Waals surface area (Å²) in [4.78, 5) is 40.0. The molecule has 0 bridgehead atoms. The Balaban J connectivity index is 1.94. The Morgan fingerprint density at radius 2 is 2.09 bits per heavy atom. The maximum atomic E-state index is 12.9. The van der Waals surface area contributed by atoms with Gasteiger partial charge in [-0.1, -0.05) is 6.42 Å². The Labute approximate surface area is 133 Å². The first-order valence-corrected chi connectivity index (χ1v) is 7.66. The maximum absolute atomic E-state index is 12.9. The van der Waals surface area contributed by atoms with E-state index in [2.05, 4.69) is 5.32 Å². The predicted octanol–water partition coefficient (Wildman–Crippen LogP) is 0.936. The lowest BCUT2D eigenvalue weighted by molar-refractivity contribution is -0.140. The van der Waals surface area contributed by atoms with Crippen LogP contribution < -0.4 is 10.2 Å². The topological polar surface area (TPSA) is 90.0 Å². The fourth-order valence-electron chi connectivity index (χ4n) is 3.08. The van der Waals surface area contributed by atoms with Crippen LogP contribution >= 0.6 is 0 Å². The summed E-state index contributed by atoms with van der Waals surface area (Å²) in [5.74, 6) is -1.68. The van der Waals surface area contributed by atoms with E-state index in [1.165, 1.54) is 17.0 Å². The summed E-state index contributed by atoms with van der Waals surface area (Å²) < 4.78 is 0. The highest BCUT2D eigenvalue weighted by Crippen LogP contribution is 2.34. The van der Waals surface area contributed by atoms with Gasteiger partial charge in [-0.05, 0) is 25.0 Å². The fraction of sp³-hybridized carbons (Fsp3) is 0.438. The summed E-state index contributed by atoms with van der Waals surface area (Å²) in [5.41, 5.74) is 0.885. The van der Waals surface area contributed by atoms with Crippen molar-refractivity contribution >= 4 is 29.1 Å². The summed E-state index contributed by atoms with van der Waals surface area (Å²) >= 11 is 0. The number of rotatable bonds is 1. The molecule has 0 aromatic heterocycles. The number of nitrogens with one attached hydrogen (secondary N) is 1. The maximum Gasteiger partial charge on any atom is 0.244 e. The number of hydrogen-bond acceptors (Lipinski definition) is 4. The van der Waals surface area contributed by atoms with Crippen LogP contribution in [0.15, 0.2) is 18.2 Å². The van der Waals surface area contributed by atoms with E-state index in [0.717, 1.165) is 12.8 Å². The van der Waals surface area contributed by atoms with Crippen molar-refractivity contribution < 1.29 is 19.5 Å². The lowest BCUT2D eigenvalue weighted by Crippen LogP contribution is -2.48. The number of carbonyl (C=O) groups is 3. The SMILES string of the molecule is CN1CCCCC(C(=O)N2CC(=O)Nc3ccc(O)cc32)C1=O. The third-order valence-corrected chi connectivity index (χ3v) is 4.32. The number of hydrogen-bond donors (Lipinski definition) is 2. The lowest BCUT2D eigenvalue weighted by atomic mass is 9.99. The van der Waals surface area contributed by atoms with Crippen molar-refractivity contribution in [1.29, 1.82) is 0 Å². The monoisotopic (exact) mass is 317 g/mol. The molecule has 2 aliphatic rings. The number of phenols is 1. The van der Waals surface area contributed by atoms with E-state index in [1.807, 2.05) is 0 Å². The molecule has 2 heterocycles. The summed E-state index contributed by atoms with van der Waals surface area (Å²) in [5, 5.41) is 12.3.